The maximum Gasteiger partial charge on any atom is 0.227 e. The van der Waals surface area contributed by atoms with Crippen molar-refractivity contribution in [1.29, 1.82) is 0 Å². The first-order valence-corrected chi connectivity index (χ1v) is 5.72. The molecule has 5 heteroatoms. The summed E-state index contributed by atoms with van der Waals surface area (Å²) in [4.78, 5) is 19.4. The fourth-order valence-corrected chi connectivity index (χ4v) is 1.42. The zero-order valence-electron chi connectivity index (χ0n) is 10.1. The van der Waals surface area contributed by atoms with E-state index in [0.29, 0.717) is 12.4 Å². The number of aromatic nitrogens is 2. The van der Waals surface area contributed by atoms with Gasteiger partial charge in [-0.3, -0.25) is 4.79 Å². The normalized spacial score (nSPS) is 9.83. The lowest BCUT2D eigenvalue weighted by molar-refractivity contribution is -0.115. The second-order valence-electron chi connectivity index (χ2n) is 3.68. The average molecular weight is 242 g/mol. The lowest BCUT2D eigenvalue weighted by Crippen LogP contribution is -2.09. The molecule has 1 heterocycles. The van der Waals surface area contributed by atoms with Gasteiger partial charge in [0.05, 0.1) is 0 Å². The molecular weight excluding hydrogens is 228 g/mol. The number of amides is 1. The Hall–Kier alpha value is -2.43. The van der Waals surface area contributed by atoms with Crippen LogP contribution in [0.25, 0.3) is 0 Å². The Balaban J connectivity index is 2.10. The van der Waals surface area contributed by atoms with Crippen LogP contribution in [-0.2, 0) is 4.79 Å². The highest BCUT2D eigenvalue weighted by atomic mass is 16.1. The van der Waals surface area contributed by atoms with E-state index >= 15 is 0 Å². The Morgan fingerprint density at radius 2 is 1.89 bits per heavy atom. The number of rotatable bonds is 4. The first-order valence-electron chi connectivity index (χ1n) is 5.72. The van der Waals surface area contributed by atoms with E-state index in [9.17, 15) is 4.79 Å². The molecule has 92 valence electrons. The molecule has 2 N–H and O–H groups in total. The smallest absolute Gasteiger partial charge is 0.227 e. The number of hydrogen-bond acceptors (Lipinski definition) is 4. The second-order valence-corrected chi connectivity index (χ2v) is 3.68. The molecule has 2 aromatic rings. The second kappa shape index (κ2) is 5.77. The third kappa shape index (κ3) is 3.28. The van der Waals surface area contributed by atoms with Crippen LogP contribution in [0.2, 0.25) is 0 Å². The van der Waals surface area contributed by atoms with E-state index in [1.807, 2.05) is 31.2 Å². The van der Waals surface area contributed by atoms with Crippen LogP contribution in [-0.4, -0.2) is 15.9 Å². The summed E-state index contributed by atoms with van der Waals surface area (Å²) in [6, 6.07) is 9.17. The summed E-state index contributed by atoms with van der Waals surface area (Å²) in [5.41, 5.74) is 1.58. The lowest BCUT2D eigenvalue weighted by atomic mass is 10.2. The molecule has 0 aliphatic rings. The van der Waals surface area contributed by atoms with Crippen molar-refractivity contribution in [3.63, 3.8) is 0 Å². The largest absolute Gasteiger partial charge is 0.326 e. The highest BCUT2D eigenvalue weighted by Gasteiger charge is 2.01. The van der Waals surface area contributed by atoms with E-state index in [4.69, 9.17) is 0 Å². The highest BCUT2D eigenvalue weighted by Crippen LogP contribution is 2.17. The van der Waals surface area contributed by atoms with Gasteiger partial charge in [-0.1, -0.05) is 13.0 Å². The molecule has 18 heavy (non-hydrogen) atoms. The van der Waals surface area contributed by atoms with Crippen molar-refractivity contribution < 1.29 is 4.79 Å². The van der Waals surface area contributed by atoms with Crippen molar-refractivity contribution in [2.45, 2.75) is 13.3 Å². The number of carbonyl (C=O) groups is 1. The van der Waals surface area contributed by atoms with E-state index in [-0.39, 0.29) is 5.91 Å². The number of carbonyl (C=O) groups excluding carboxylic acids is 1. The summed E-state index contributed by atoms with van der Waals surface area (Å²) < 4.78 is 0. The number of benzene rings is 1. The van der Waals surface area contributed by atoms with Crippen LogP contribution in [0.3, 0.4) is 0 Å². The van der Waals surface area contributed by atoms with Gasteiger partial charge in [-0.05, 0) is 24.3 Å². The third-order valence-electron chi connectivity index (χ3n) is 2.29. The Bertz CT molecular complexity index is 528. The van der Waals surface area contributed by atoms with Gasteiger partial charge in [0.2, 0.25) is 11.9 Å². The Morgan fingerprint density at radius 3 is 2.61 bits per heavy atom. The van der Waals surface area contributed by atoms with Gasteiger partial charge in [0, 0.05) is 30.2 Å². The predicted molar refractivity (Wildman–Crippen MR) is 70.7 cm³/mol. The highest BCUT2D eigenvalue weighted by molar-refractivity contribution is 5.91. The fourth-order valence-electron chi connectivity index (χ4n) is 1.42. The Kier molecular flexibility index (Phi) is 3.86. The number of nitrogens with one attached hydrogen (secondary N) is 2. The molecule has 0 fully saturated rings. The Morgan fingerprint density at radius 1 is 1.17 bits per heavy atom. The predicted octanol–water partition coefficient (Wildman–Crippen LogP) is 2.57. The van der Waals surface area contributed by atoms with Crippen molar-refractivity contribution in [3.8, 4) is 0 Å². The van der Waals surface area contributed by atoms with Gasteiger partial charge in [0.1, 0.15) is 0 Å². The molecule has 0 radical (unpaired) electrons. The summed E-state index contributed by atoms with van der Waals surface area (Å²) in [5, 5.41) is 5.86. The summed E-state index contributed by atoms with van der Waals surface area (Å²) in [7, 11) is 0. The molecular formula is C13H14N4O. The minimum atomic E-state index is -0.0110. The zero-order chi connectivity index (χ0) is 12.8. The molecule has 1 amide bonds. The fraction of sp³-hybridized carbons (Fsp3) is 0.154. The molecule has 5 nitrogen and oxygen atoms in total. The zero-order valence-corrected chi connectivity index (χ0v) is 10.1. The van der Waals surface area contributed by atoms with Gasteiger partial charge >= 0.3 is 0 Å². The van der Waals surface area contributed by atoms with Gasteiger partial charge in [-0.25, -0.2) is 9.97 Å². The number of nitrogens with zero attached hydrogens (tertiary/aromatic N) is 2. The van der Waals surface area contributed by atoms with Crippen LogP contribution in [0.5, 0.6) is 0 Å². The van der Waals surface area contributed by atoms with Crippen molar-refractivity contribution in [2.75, 3.05) is 10.6 Å². The molecule has 1 aromatic heterocycles. The van der Waals surface area contributed by atoms with Crippen LogP contribution in [0.1, 0.15) is 13.3 Å². The maximum atomic E-state index is 11.3. The molecule has 0 unspecified atom stereocenters. The topological polar surface area (TPSA) is 66.9 Å². The van der Waals surface area contributed by atoms with E-state index in [1.54, 1.807) is 18.5 Å². The van der Waals surface area contributed by atoms with Gasteiger partial charge in [0.25, 0.3) is 0 Å². The Labute approximate surface area is 105 Å². The number of anilines is 3. The summed E-state index contributed by atoms with van der Waals surface area (Å²) in [6.07, 6.45) is 3.79. The minimum absolute atomic E-state index is 0.0110. The lowest BCUT2D eigenvalue weighted by Gasteiger charge is -2.07. The van der Waals surface area contributed by atoms with Crippen LogP contribution in [0.4, 0.5) is 17.3 Å². The molecule has 2 rings (SSSR count). The van der Waals surface area contributed by atoms with E-state index in [1.165, 1.54) is 0 Å². The molecule has 0 saturated heterocycles. The molecule has 0 atom stereocenters. The molecule has 0 saturated carbocycles. The summed E-state index contributed by atoms with van der Waals surface area (Å²) in [5.74, 6) is 0.513. The molecule has 1 aromatic carbocycles. The number of hydrogen-bond donors (Lipinski definition) is 2. The van der Waals surface area contributed by atoms with Crippen LogP contribution < -0.4 is 10.6 Å². The summed E-state index contributed by atoms with van der Waals surface area (Å²) in [6.45, 7) is 1.81. The van der Waals surface area contributed by atoms with Crippen molar-refractivity contribution in [2.24, 2.45) is 0 Å². The average Bonchev–Trinajstić information content (AvgIpc) is 2.40. The molecule has 0 aliphatic heterocycles. The molecule has 0 aliphatic carbocycles. The van der Waals surface area contributed by atoms with Crippen LogP contribution >= 0.6 is 0 Å². The molecule has 0 bridgehead atoms. The van der Waals surface area contributed by atoms with Crippen LogP contribution in [0, 0.1) is 0 Å². The molecule has 0 spiro atoms. The van der Waals surface area contributed by atoms with Gasteiger partial charge < -0.3 is 10.6 Å². The van der Waals surface area contributed by atoms with Crippen molar-refractivity contribution in [3.05, 3.63) is 42.7 Å². The van der Waals surface area contributed by atoms with E-state index in [0.717, 1.165) is 11.4 Å². The quantitative estimate of drug-likeness (QED) is 0.864. The first-order chi connectivity index (χ1) is 8.78. The van der Waals surface area contributed by atoms with Crippen molar-refractivity contribution >= 4 is 23.2 Å². The van der Waals surface area contributed by atoms with Crippen LogP contribution in [0.15, 0.2) is 42.7 Å². The monoisotopic (exact) mass is 242 g/mol. The summed E-state index contributed by atoms with van der Waals surface area (Å²) >= 11 is 0. The first kappa shape index (κ1) is 12.0. The van der Waals surface area contributed by atoms with Crippen molar-refractivity contribution in [1.82, 2.24) is 9.97 Å². The van der Waals surface area contributed by atoms with E-state index in [2.05, 4.69) is 20.6 Å². The van der Waals surface area contributed by atoms with Gasteiger partial charge in [0.15, 0.2) is 0 Å². The van der Waals surface area contributed by atoms with Gasteiger partial charge in [-0.15, -0.1) is 0 Å². The standard InChI is InChI=1S/C13H14N4O/c1-2-12(18)16-10-5-3-6-11(9-10)17-13-14-7-4-8-15-13/h3-9H,2H2,1H3,(H,16,18)(H,14,15,17). The third-order valence-corrected chi connectivity index (χ3v) is 2.29. The van der Waals surface area contributed by atoms with Gasteiger partial charge in [-0.2, -0.15) is 0 Å². The SMILES string of the molecule is CCC(=O)Nc1cccc(Nc2ncccn2)c1. The maximum absolute atomic E-state index is 11.3. The van der Waals surface area contributed by atoms with E-state index < -0.39 is 0 Å². The minimum Gasteiger partial charge on any atom is -0.326 e.